The monoisotopic (exact) mass is 252 g/mol. The van der Waals surface area contributed by atoms with Crippen LogP contribution in [0.1, 0.15) is 0 Å². The van der Waals surface area contributed by atoms with Crippen LogP contribution in [-0.4, -0.2) is 74.7 Å². The van der Waals surface area contributed by atoms with Crippen LogP contribution >= 0.6 is 0 Å². The predicted octanol–water partition coefficient (Wildman–Crippen LogP) is -1.85. The quantitative estimate of drug-likeness (QED) is 0.512. The molecule has 0 saturated carbocycles. The molecule has 0 unspecified atom stereocenters. The highest BCUT2D eigenvalue weighted by atomic mass is 16.2. The van der Waals surface area contributed by atoms with Crippen molar-refractivity contribution in [1.82, 2.24) is 9.71 Å². The number of carbonyl (C=O) groups excluding carboxylic acids is 1. The van der Waals surface area contributed by atoms with E-state index in [1.807, 2.05) is 4.81 Å². The fourth-order valence-electron chi connectivity index (χ4n) is 2.39. The molecule has 0 spiro atoms. The SMILES string of the molecule is [B]C(=O)N1CCN(B(C)O)C[C@H](CN)[C@@H](CN)C1. The first-order valence-corrected chi connectivity index (χ1v) is 6.36. The van der Waals surface area contributed by atoms with Crippen molar-refractivity contribution in [3.63, 3.8) is 0 Å². The molecule has 0 aromatic heterocycles. The summed E-state index contributed by atoms with van der Waals surface area (Å²) in [4.78, 5) is 14.8. The minimum absolute atomic E-state index is 0.115. The van der Waals surface area contributed by atoms with Gasteiger partial charge in [0.05, 0.1) is 0 Å². The second kappa shape index (κ2) is 7.13. The van der Waals surface area contributed by atoms with Crippen molar-refractivity contribution >= 4 is 20.7 Å². The zero-order chi connectivity index (χ0) is 13.7. The predicted molar refractivity (Wildman–Crippen MR) is 73.2 cm³/mol. The maximum atomic E-state index is 11.3. The molecule has 1 aliphatic rings. The van der Waals surface area contributed by atoms with Gasteiger partial charge in [-0.15, -0.1) is 0 Å². The van der Waals surface area contributed by atoms with Gasteiger partial charge in [-0.1, -0.05) is 0 Å². The Morgan fingerprint density at radius 1 is 1.33 bits per heavy atom. The van der Waals surface area contributed by atoms with Crippen molar-refractivity contribution in [2.45, 2.75) is 6.82 Å². The van der Waals surface area contributed by atoms with Gasteiger partial charge < -0.3 is 26.2 Å². The van der Waals surface area contributed by atoms with E-state index in [1.165, 1.54) is 0 Å². The molecule has 0 aromatic rings. The smallest absolute Gasteiger partial charge is 0.376 e. The highest BCUT2D eigenvalue weighted by Gasteiger charge is 2.30. The van der Waals surface area contributed by atoms with E-state index in [1.54, 1.807) is 11.7 Å². The standard InChI is InChI=1S/C10H22B2N4O2/c1-12(18)16-3-2-15(10(11)17)6-8(4-13)9(5-14)7-16/h8-9,18H,2-7,13-14H2,1H3/t8-,9-/m0/s1. The Morgan fingerprint density at radius 2 is 1.89 bits per heavy atom. The molecule has 1 rings (SSSR count). The number of nitrogens with zero attached hydrogens (tertiary/aromatic N) is 2. The van der Waals surface area contributed by atoms with Gasteiger partial charge in [0.2, 0.25) is 7.85 Å². The van der Waals surface area contributed by atoms with E-state index in [4.69, 9.17) is 19.3 Å². The zero-order valence-electron chi connectivity index (χ0n) is 11.0. The summed E-state index contributed by atoms with van der Waals surface area (Å²) in [5, 5.41) is 9.71. The van der Waals surface area contributed by atoms with E-state index in [9.17, 15) is 9.82 Å². The Hall–Kier alpha value is -0.560. The molecule has 1 aliphatic heterocycles. The van der Waals surface area contributed by atoms with E-state index in [0.717, 1.165) is 0 Å². The molecule has 0 aromatic carbocycles. The van der Waals surface area contributed by atoms with Crippen molar-refractivity contribution in [3.05, 3.63) is 0 Å². The van der Waals surface area contributed by atoms with Crippen molar-refractivity contribution in [2.24, 2.45) is 23.3 Å². The van der Waals surface area contributed by atoms with Gasteiger partial charge in [0.1, 0.15) is 0 Å². The van der Waals surface area contributed by atoms with Crippen LogP contribution in [0.15, 0.2) is 0 Å². The largest absolute Gasteiger partial charge is 0.437 e. The molecule has 6 nitrogen and oxygen atoms in total. The van der Waals surface area contributed by atoms with Crippen LogP contribution in [0.3, 0.4) is 0 Å². The van der Waals surface area contributed by atoms with Gasteiger partial charge in [-0.2, -0.15) is 0 Å². The lowest BCUT2D eigenvalue weighted by Crippen LogP contribution is -2.54. The van der Waals surface area contributed by atoms with Crippen LogP contribution in [0.5, 0.6) is 0 Å². The van der Waals surface area contributed by atoms with Crippen LogP contribution in [0.25, 0.3) is 0 Å². The van der Waals surface area contributed by atoms with Crippen LogP contribution in [0.4, 0.5) is 4.79 Å². The Kier molecular flexibility index (Phi) is 6.14. The van der Waals surface area contributed by atoms with E-state index < -0.39 is 12.9 Å². The van der Waals surface area contributed by atoms with Gasteiger partial charge in [0, 0.05) is 19.6 Å². The molecular formula is C10H22B2N4O2. The number of hydrogen-bond acceptors (Lipinski definition) is 5. The normalized spacial score (nSPS) is 26.6. The van der Waals surface area contributed by atoms with Crippen LogP contribution < -0.4 is 11.5 Å². The molecule has 1 amide bonds. The lowest BCUT2D eigenvalue weighted by molar-refractivity contribution is 0.152. The molecule has 5 N–H and O–H groups in total. The lowest BCUT2D eigenvalue weighted by Gasteiger charge is -2.39. The molecule has 2 radical (unpaired) electrons. The summed E-state index contributed by atoms with van der Waals surface area (Å²) in [6.45, 7) is 4.99. The number of carbonyl (C=O) groups is 1. The Bertz CT molecular complexity index is 281. The molecular weight excluding hydrogens is 230 g/mol. The first kappa shape index (κ1) is 15.5. The Labute approximate surface area is 110 Å². The van der Waals surface area contributed by atoms with Gasteiger partial charge in [-0.3, -0.25) is 4.79 Å². The Morgan fingerprint density at radius 3 is 2.33 bits per heavy atom. The summed E-state index contributed by atoms with van der Waals surface area (Å²) in [7, 11) is 4.78. The summed E-state index contributed by atoms with van der Waals surface area (Å²) >= 11 is 0. The first-order chi connectivity index (χ1) is 8.49. The van der Waals surface area contributed by atoms with Gasteiger partial charge in [-0.25, -0.2) is 0 Å². The number of nitrogens with two attached hydrogens (primary N) is 2. The third-order valence-corrected chi connectivity index (χ3v) is 3.69. The van der Waals surface area contributed by atoms with Gasteiger partial charge in [0.15, 0.2) is 5.81 Å². The fourth-order valence-corrected chi connectivity index (χ4v) is 2.39. The average Bonchev–Trinajstić information content (AvgIpc) is 2.28. The Balaban J connectivity index is 2.83. The topological polar surface area (TPSA) is 95.8 Å². The highest BCUT2D eigenvalue weighted by Crippen LogP contribution is 2.17. The first-order valence-electron chi connectivity index (χ1n) is 6.36. The minimum atomic E-state index is -0.565. The van der Waals surface area contributed by atoms with Crippen LogP contribution in [0.2, 0.25) is 6.82 Å². The van der Waals surface area contributed by atoms with Gasteiger partial charge in [-0.05, 0) is 38.3 Å². The molecule has 2 atom stereocenters. The maximum Gasteiger partial charge on any atom is 0.376 e. The van der Waals surface area contributed by atoms with Crippen molar-refractivity contribution in [1.29, 1.82) is 0 Å². The molecule has 100 valence electrons. The van der Waals surface area contributed by atoms with E-state index in [0.29, 0.717) is 39.3 Å². The molecule has 8 heteroatoms. The molecule has 0 bridgehead atoms. The van der Waals surface area contributed by atoms with E-state index >= 15 is 0 Å². The molecule has 1 fully saturated rings. The average molecular weight is 252 g/mol. The fraction of sp³-hybridized carbons (Fsp3) is 0.900. The summed E-state index contributed by atoms with van der Waals surface area (Å²) < 4.78 is 0. The number of amides is 1. The highest BCUT2D eigenvalue weighted by molar-refractivity contribution is 6.56. The third kappa shape index (κ3) is 3.98. The molecule has 1 heterocycles. The molecule has 18 heavy (non-hydrogen) atoms. The van der Waals surface area contributed by atoms with Gasteiger partial charge >= 0.3 is 7.05 Å². The minimum Gasteiger partial charge on any atom is -0.437 e. The van der Waals surface area contributed by atoms with E-state index in [2.05, 4.69) is 0 Å². The number of rotatable bonds is 3. The van der Waals surface area contributed by atoms with Gasteiger partial charge in [0.25, 0.3) is 0 Å². The second-order valence-corrected chi connectivity index (χ2v) is 4.90. The second-order valence-electron chi connectivity index (χ2n) is 4.90. The lowest BCUT2D eigenvalue weighted by atomic mass is 9.80. The van der Waals surface area contributed by atoms with Crippen LogP contribution in [-0.2, 0) is 0 Å². The summed E-state index contributed by atoms with van der Waals surface area (Å²) in [6, 6.07) is 0. The molecule has 1 saturated heterocycles. The molecule has 0 aliphatic carbocycles. The van der Waals surface area contributed by atoms with Crippen molar-refractivity contribution < 1.29 is 9.82 Å². The number of hydrogen-bond donors (Lipinski definition) is 3. The van der Waals surface area contributed by atoms with E-state index in [-0.39, 0.29) is 11.8 Å². The van der Waals surface area contributed by atoms with Crippen molar-refractivity contribution in [2.75, 3.05) is 39.3 Å². The summed E-state index contributed by atoms with van der Waals surface area (Å²) in [5.41, 5.74) is 11.5. The zero-order valence-corrected chi connectivity index (χ0v) is 11.0. The third-order valence-electron chi connectivity index (χ3n) is 3.69. The van der Waals surface area contributed by atoms with Crippen LogP contribution in [0, 0.1) is 11.8 Å². The summed E-state index contributed by atoms with van der Waals surface area (Å²) in [6.07, 6.45) is 0. The summed E-state index contributed by atoms with van der Waals surface area (Å²) in [5.74, 6) is -0.174. The van der Waals surface area contributed by atoms with Crippen molar-refractivity contribution in [3.8, 4) is 0 Å². The maximum absolute atomic E-state index is 11.3.